The van der Waals surface area contributed by atoms with E-state index in [9.17, 15) is 14.7 Å². The molecule has 1 aliphatic rings. The maximum absolute atomic E-state index is 12.1. The van der Waals surface area contributed by atoms with Gasteiger partial charge in [0.25, 0.3) is 5.56 Å². The largest absolute Gasteiger partial charge is 0.494 e. The number of aromatic nitrogens is 2. The Labute approximate surface area is 157 Å². The van der Waals surface area contributed by atoms with Crippen molar-refractivity contribution in [3.05, 3.63) is 67.9 Å². The molecular formula is C20H24N4O3. The second kappa shape index (κ2) is 8.53. The van der Waals surface area contributed by atoms with E-state index in [1.54, 1.807) is 0 Å². The fourth-order valence-electron chi connectivity index (χ4n) is 3.15. The van der Waals surface area contributed by atoms with E-state index < -0.39 is 11.2 Å². The number of allylic oxidation sites excluding steroid dienone is 2. The highest BCUT2D eigenvalue weighted by molar-refractivity contribution is 5.82. The van der Waals surface area contributed by atoms with Crippen LogP contribution in [-0.4, -0.2) is 20.9 Å². The van der Waals surface area contributed by atoms with Crippen LogP contribution in [0.15, 0.2) is 50.6 Å². The lowest BCUT2D eigenvalue weighted by Gasteiger charge is -2.14. The number of hydrogen-bond acceptors (Lipinski definition) is 5. The van der Waals surface area contributed by atoms with E-state index in [4.69, 9.17) is 0 Å². The first-order chi connectivity index (χ1) is 13.1. The van der Waals surface area contributed by atoms with Crippen molar-refractivity contribution in [1.82, 2.24) is 9.55 Å². The van der Waals surface area contributed by atoms with Crippen LogP contribution < -0.4 is 16.7 Å². The first-order valence-corrected chi connectivity index (χ1v) is 9.15. The van der Waals surface area contributed by atoms with Gasteiger partial charge in [-0.05, 0) is 50.7 Å². The van der Waals surface area contributed by atoms with Gasteiger partial charge in [0, 0.05) is 6.54 Å². The van der Waals surface area contributed by atoms with E-state index in [1.165, 1.54) is 22.8 Å². The predicted octanol–water partition coefficient (Wildman–Crippen LogP) is 2.89. The summed E-state index contributed by atoms with van der Waals surface area (Å²) in [4.78, 5) is 26.4. The molecule has 0 saturated carbocycles. The molecule has 0 unspecified atom stereocenters. The van der Waals surface area contributed by atoms with Crippen molar-refractivity contribution in [2.75, 3.05) is 5.43 Å². The molecule has 3 rings (SSSR count). The second-order valence-corrected chi connectivity index (χ2v) is 6.69. The minimum Gasteiger partial charge on any atom is -0.494 e. The van der Waals surface area contributed by atoms with Gasteiger partial charge >= 0.3 is 5.69 Å². The molecule has 142 valence electrons. The zero-order valence-electron chi connectivity index (χ0n) is 15.4. The number of nitrogens with zero attached hydrogens (tertiary/aromatic N) is 2. The summed E-state index contributed by atoms with van der Waals surface area (Å²) in [5.41, 5.74) is 4.60. The Balaban J connectivity index is 1.80. The number of H-pyrrole nitrogens is 1. The number of hydrogen-bond donors (Lipinski definition) is 3. The average molecular weight is 368 g/mol. The number of anilines is 1. The Morgan fingerprint density at radius 2 is 2.11 bits per heavy atom. The van der Waals surface area contributed by atoms with Gasteiger partial charge in [0.2, 0.25) is 5.88 Å². The van der Waals surface area contributed by atoms with E-state index in [0.717, 1.165) is 30.5 Å². The Bertz CT molecular complexity index is 985. The van der Waals surface area contributed by atoms with Crippen molar-refractivity contribution in [1.29, 1.82) is 0 Å². The summed E-state index contributed by atoms with van der Waals surface area (Å²) in [6, 6.07) is 7.57. The number of aromatic amines is 1. The number of aryl methyl sites for hydroxylation is 1. The zero-order valence-corrected chi connectivity index (χ0v) is 15.4. The fourth-order valence-corrected chi connectivity index (χ4v) is 3.15. The molecule has 0 radical (unpaired) electrons. The number of benzene rings is 1. The average Bonchev–Trinajstić information content (AvgIpc) is 2.66. The number of nitrogens with one attached hydrogen (secondary N) is 2. The molecule has 0 spiro atoms. The molecule has 0 atom stereocenters. The van der Waals surface area contributed by atoms with Gasteiger partial charge in [-0.2, -0.15) is 5.10 Å². The molecule has 7 heteroatoms. The van der Waals surface area contributed by atoms with Gasteiger partial charge in [0.05, 0.1) is 11.9 Å². The molecular weight excluding hydrogens is 344 g/mol. The summed E-state index contributed by atoms with van der Waals surface area (Å²) in [6.45, 7) is 2.25. The Hall–Kier alpha value is -3.09. The molecule has 2 aromatic rings. The standard InChI is InChI=1S/C20H24N4O3/c1-14-7-5-6-10-17(14)23-21-13-16-18(25)22-20(27)24(19(16)26)12-11-15-8-3-2-4-9-15/h5-8,10,13,23,26H,2-4,9,11-12H2,1H3,(H,22,25,27). The SMILES string of the molecule is Cc1ccccc1NN=Cc1c(O)n(CCC2=CCCCC2)c(=O)[nH]c1=O. The highest BCUT2D eigenvalue weighted by Crippen LogP contribution is 2.21. The molecule has 7 nitrogen and oxygen atoms in total. The van der Waals surface area contributed by atoms with Crippen LogP contribution >= 0.6 is 0 Å². The normalized spacial score (nSPS) is 14.3. The lowest BCUT2D eigenvalue weighted by atomic mass is 9.97. The highest BCUT2D eigenvalue weighted by atomic mass is 16.3. The van der Waals surface area contributed by atoms with Gasteiger partial charge in [0.1, 0.15) is 5.56 Å². The van der Waals surface area contributed by atoms with E-state index in [0.29, 0.717) is 13.0 Å². The molecule has 1 heterocycles. The lowest BCUT2D eigenvalue weighted by Crippen LogP contribution is -2.32. The van der Waals surface area contributed by atoms with Crippen molar-refractivity contribution in [3.63, 3.8) is 0 Å². The maximum Gasteiger partial charge on any atom is 0.331 e. The van der Waals surface area contributed by atoms with Crippen molar-refractivity contribution >= 4 is 11.9 Å². The van der Waals surface area contributed by atoms with Gasteiger partial charge in [-0.1, -0.05) is 29.8 Å². The summed E-state index contributed by atoms with van der Waals surface area (Å²) in [7, 11) is 0. The van der Waals surface area contributed by atoms with Crippen molar-refractivity contribution in [2.45, 2.75) is 45.6 Å². The minimum atomic E-state index is -0.666. The maximum atomic E-state index is 12.1. The summed E-state index contributed by atoms with van der Waals surface area (Å²) in [5.74, 6) is -0.365. The quantitative estimate of drug-likeness (QED) is 0.415. The van der Waals surface area contributed by atoms with Crippen LogP contribution in [0.25, 0.3) is 0 Å². The van der Waals surface area contributed by atoms with E-state index in [1.807, 2.05) is 31.2 Å². The van der Waals surface area contributed by atoms with Crippen LogP contribution in [0.2, 0.25) is 0 Å². The van der Waals surface area contributed by atoms with Crippen LogP contribution in [0.4, 0.5) is 5.69 Å². The lowest BCUT2D eigenvalue weighted by molar-refractivity contribution is 0.398. The van der Waals surface area contributed by atoms with Crippen LogP contribution in [-0.2, 0) is 6.54 Å². The predicted molar refractivity (Wildman–Crippen MR) is 107 cm³/mol. The molecule has 1 aromatic heterocycles. The monoisotopic (exact) mass is 368 g/mol. The third-order valence-corrected chi connectivity index (χ3v) is 4.77. The van der Waals surface area contributed by atoms with E-state index in [-0.39, 0.29) is 11.4 Å². The van der Waals surface area contributed by atoms with Crippen LogP contribution in [0, 0.1) is 6.92 Å². The third kappa shape index (κ3) is 4.55. The number of hydrazone groups is 1. The van der Waals surface area contributed by atoms with Gasteiger partial charge in [-0.15, -0.1) is 0 Å². The second-order valence-electron chi connectivity index (χ2n) is 6.69. The molecule has 3 N–H and O–H groups in total. The fraction of sp³-hybridized carbons (Fsp3) is 0.350. The summed E-state index contributed by atoms with van der Waals surface area (Å²) >= 11 is 0. The molecule has 1 aromatic carbocycles. The third-order valence-electron chi connectivity index (χ3n) is 4.77. The van der Waals surface area contributed by atoms with Crippen LogP contribution in [0.5, 0.6) is 5.88 Å². The Kier molecular flexibility index (Phi) is 5.90. The van der Waals surface area contributed by atoms with Gasteiger partial charge in [-0.3, -0.25) is 19.8 Å². The summed E-state index contributed by atoms with van der Waals surface area (Å²) < 4.78 is 1.19. The van der Waals surface area contributed by atoms with Crippen molar-refractivity contribution in [2.24, 2.45) is 5.10 Å². The minimum absolute atomic E-state index is 0.0479. The van der Waals surface area contributed by atoms with Gasteiger partial charge in [0.15, 0.2) is 0 Å². The first kappa shape index (κ1) is 18.7. The number of aromatic hydroxyl groups is 1. The summed E-state index contributed by atoms with van der Waals surface area (Å²) in [5, 5.41) is 14.5. The molecule has 0 aliphatic heterocycles. The van der Waals surface area contributed by atoms with E-state index in [2.05, 4.69) is 21.6 Å². The highest BCUT2D eigenvalue weighted by Gasteiger charge is 2.13. The van der Waals surface area contributed by atoms with Crippen LogP contribution in [0.3, 0.4) is 0 Å². The molecule has 1 aliphatic carbocycles. The van der Waals surface area contributed by atoms with Gasteiger partial charge < -0.3 is 5.11 Å². The first-order valence-electron chi connectivity index (χ1n) is 9.15. The Morgan fingerprint density at radius 1 is 1.30 bits per heavy atom. The molecule has 0 saturated heterocycles. The van der Waals surface area contributed by atoms with Gasteiger partial charge in [-0.25, -0.2) is 4.79 Å². The zero-order chi connectivity index (χ0) is 19.2. The van der Waals surface area contributed by atoms with Crippen molar-refractivity contribution < 1.29 is 5.11 Å². The van der Waals surface area contributed by atoms with Crippen LogP contribution in [0.1, 0.15) is 43.2 Å². The molecule has 0 fully saturated rings. The Morgan fingerprint density at radius 3 is 2.85 bits per heavy atom. The smallest absolute Gasteiger partial charge is 0.331 e. The molecule has 0 amide bonds. The molecule has 0 bridgehead atoms. The summed E-state index contributed by atoms with van der Waals surface area (Å²) in [6.07, 6.45) is 8.54. The van der Waals surface area contributed by atoms with Crippen molar-refractivity contribution in [3.8, 4) is 5.88 Å². The topological polar surface area (TPSA) is 99.5 Å². The number of rotatable bonds is 6. The number of para-hydroxylation sites is 1. The molecule has 27 heavy (non-hydrogen) atoms. The van der Waals surface area contributed by atoms with E-state index >= 15 is 0 Å².